The molecular formula is C34H27Cl3NOPS. The van der Waals surface area contributed by atoms with Crippen LogP contribution < -0.4 is 33.6 Å². The molecule has 0 atom stereocenters. The van der Waals surface area contributed by atoms with E-state index in [1.807, 2.05) is 54.6 Å². The number of hydrogen-bond acceptors (Lipinski definition) is 2. The first-order valence-corrected chi connectivity index (χ1v) is 16.1. The summed E-state index contributed by atoms with van der Waals surface area (Å²) < 4.78 is 0.510. The summed E-state index contributed by atoms with van der Waals surface area (Å²) in [6.45, 7) is 2.06. The van der Waals surface area contributed by atoms with Crippen molar-refractivity contribution in [1.82, 2.24) is 5.32 Å². The summed E-state index contributed by atoms with van der Waals surface area (Å²) in [5, 5.41) is 7.14. The van der Waals surface area contributed by atoms with Crippen molar-refractivity contribution in [2.75, 3.05) is 0 Å². The van der Waals surface area contributed by atoms with E-state index in [0.717, 1.165) is 20.8 Å². The predicted octanol–water partition coefficient (Wildman–Crippen LogP) is 5.53. The molecule has 0 aliphatic rings. The highest BCUT2D eigenvalue weighted by Crippen LogP contribution is 2.64. The zero-order valence-electron chi connectivity index (χ0n) is 22.2. The van der Waals surface area contributed by atoms with Crippen LogP contribution in [0.5, 0.6) is 0 Å². The minimum atomic E-state index is -2.68. The van der Waals surface area contributed by atoms with Crippen LogP contribution in [0.2, 0.25) is 5.02 Å². The zero-order valence-corrected chi connectivity index (χ0v) is 26.2. The van der Waals surface area contributed by atoms with Crippen molar-refractivity contribution in [3.05, 3.63) is 165 Å². The second-order valence-corrected chi connectivity index (χ2v) is 14.6. The average Bonchev–Trinajstić information content (AvgIpc) is 3.00. The molecule has 0 saturated carbocycles. The van der Waals surface area contributed by atoms with Crippen LogP contribution in [0.3, 0.4) is 0 Å². The van der Waals surface area contributed by atoms with Crippen LogP contribution >= 0.6 is 42.2 Å². The number of carbonyl (C=O) groups excluding carboxylic acids is 1. The van der Waals surface area contributed by atoms with E-state index < -0.39 is 7.26 Å². The van der Waals surface area contributed by atoms with Crippen LogP contribution in [0.1, 0.15) is 15.9 Å². The molecule has 0 aliphatic heterocycles. The Labute approximate surface area is 262 Å². The van der Waals surface area contributed by atoms with E-state index >= 15 is 0 Å². The van der Waals surface area contributed by atoms with Crippen molar-refractivity contribution in [2.45, 2.75) is 11.8 Å². The molecule has 41 heavy (non-hydrogen) atoms. The van der Waals surface area contributed by atoms with Crippen molar-refractivity contribution in [3.63, 3.8) is 0 Å². The van der Waals surface area contributed by atoms with Gasteiger partial charge in [0.1, 0.15) is 20.3 Å². The van der Waals surface area contributed by atoms with Crippen LogP contribution in [-0.2, 0) is 0 Å². The normalized spacial score (nSPS) is 11.7. The first-order chi connectivity index (χ1) is 19.5. The smallest absolute Gasteiger partial charge is 0.258 e. The van der Waals surface area contributed by atoms with Gasteiger partial charge < -0.3 is 12.4 Å². The third-order valence-electron chi connectivity index (χ3n) is 6.52. The monoisotopic (exact) mass is 633 g/mol. The predicted molar refractivity (Wildman–Crippen MR) is 174 cm³/mol. The van der Waals surface area contributed by atoms with Crippen molar-refractivity contribution < 1.29 is 17.2 Å². The Morgan fingerprint density at radius 3 is 1.54 bits per heavy atom. The fraction of sp³-hybridized carbons (Fsp3) is 0.0294. The molecule has 5 aromatic carbocycles. The first kappa shape index (κ1) is 30.9. The lowest BCUT2D eigenvalue weighted by Crippen LogP contribution is -3.00. The average molecular weight is 635 g/mol. The minimum Gasteiger partial charge on any atom is -1.00 e. The van der Waals surface area contributed by atoms with Crippen LogP contribution in [0.15, 0.2) is 154 Å². The molecule has 7 heteroatoms. The quantitative estimate of drug-likeness (QED) is 0.180. The first-order valence-electron chi connectivity index (χ1n) is 12.8. The summed E-state index contributed by atoms with van der Waals surface area (Å²) in [5.74, 6) is -0.249. The van der Waals surface area contributed by atoms with Gasteiger partial charge in [-0.1, -0.05) is 107 Å². The van der Waals surface area contributed by atoms with Gasteiger partial charge in [-0.3, -0.25) is 10.1 Å². The lowest BCUT2D eigenvalue weighted by Gasteiger charge is -2.30. The van der Waals surface area contributed by atoms with Gasteiger partial charge in [0.05, 0.1) is 0 Å². The molecule has 0 saturated heterocycles. The van der Waals surface area contributed by atoms with E-state index in [4.69, 9.17) is 23.2 Å². The molecule has 0 unspecified atom stereocenters. The van der Waals surface area contributed by atoms with E-state index in [0.29, 0.717) is 20.4 Å². The number of amides is 1. The maximum atomic E-state index is 13.9. The van der Waals surface area contributed by atoms with Gasteiger partial charge >= 0.3 is 0 Å². The molecule has 2 nitrogen and oxygen atoms in total. The van der Waals surface area contributed by atoms with Gasteiger partial charge in [0.15, 0.2) is 7.26 Å². The summed E-state index contributed by atoms with van der Waals surface area (Å²) in [7, 11) is -2.68. The van der Waals surface area contributed by atoms with Gasteiger partial charge in [0.2, 0.25) is 5.44 Å². The summed E-state index contributed by atoms with van der Waals surface area (Å²) in [6.07, 6.45) is 0. The minimum absolute atomic E-state index is 0. The van der Waals surface area contributed by atoms with Gasteiger partial charge in [0, 0.05) is 15.5 Å². The summed E-state index contributed by atoms with van der Waals surface area (Å²) in [5.41, 5.74) is 2.35. The third-order valence-corrected chi connectivity index (χ3v) is 12.6. The van der Waals surface area contributed by atoms with Crippen LogP contribution in [0, 0.1) is 6.92 Å². The van der Waals surface area contributed by atoms with Crippen LogP contribution in [0.4, 0.5) is 0 Å². The molecule has 0 spiro atoms. The third kappa shape index (κ3) is 6.89. The molecule has 0 aliphatic carbocycles. The standard InChI is InChI=1S/C34H26Cl2NOPS.ClH/c1-25-17-23-31(24-18-25)40-32(36)34(37-33(38)26-19-21-27(35)22-20-26)39(28-11-5-2-6-12-28,29-13-7-3-8-14-29)30-15-9-4-10-16-30;/h2-24H,1H3;1H. The summed E-state index contributed by atoms with van der Waals surface area (Å²) >= 11 is 14.9. The number of aryl methyl sites for hydroxylation is 1. The molecule has 0 aromatic heterocycles. The van der Waals surface area contributed by atoms with Gasteiger partial charge in [-0.15, -0.1) is 0 Å². The van der Waals surface area contributed by atoms with Crippen molar-refractivity contribution >= 4 is 64.0 Å². The molecular weight excluding hydrogens is 608 g/mol. The number of carbonyl (C=O) groups is 1. The molecule has 0 heterocycles. The van der Waals surface area contributed by atoms with Crippen molar-refractivity contribution in [2.24, 2.45) is 0 Å². The Morgan fingerprint density at radius 1 is 0.659 bits per heavy atom. The van der Waals surface area contributed by atoms with Gasteiger partial charge in [-0.2, -0.15) is 0 Å². The van der Waals surface area contributed by atoms with Crippen molar-refractivity contribution in [1.29, 1.82) is 0 Å². The highest BCUT2D eigenvalue weighted by molar-refractivity contribution is 8.06. The SMILES string of the molecule is Cc1ccc(SC(Cl)=C(NC(=O)c2ccc(Cl)cc2)[P+](c2ccccc2)(c2ccccc2)c2ccccc2)cc1.[Cl-]. The van der Waals surface area contributed by atoms with E-state index in [2.05, 4.69) is 72.9 Å². The number of benzene rings is 5. The second kappa shape index (κ2) is 14.2. The maximum Gasteiger partial charge on any atom is 0.258 e. The molecule has 5 rings (SSSR count). The Bertz CT molecular complexity index is 1520. The fourth-order valence-corrected chi connectivity index (χ4v) is 10.6. The number of halogens is 3. The van der Waals surface area contributed by atoms with E-state index in [9.17, 15) is 4.79 Å². The lowest BCUT2D eigenvalue weighted by molar-refractivity contribution is -0.0000158. The lowest BCUT2D eigenvalue weighted by atomic mass is 10.2. The Balaban J connectivity index is 0.00000387. The topological polar surface area (TPSA) is 29.1 Å². The van der Waals surface area contributed by atoms with Gasteiger partial charge in [-0.25, -0.2) is 0 Å². The van der Waals surface area contributed by atoms with Gasteiger partial charge in [0.25, 0.3) is 5.91 Å². The highest BCUT2D eigenvalue weighted by Gasteiger charge is 2.52. The van der Waals surface area contributed by atoms with Crippen molar-refractivity contribution in [3.8, 4) is 0 Å². The molecule has 1 amide bonds. The fourth-order valence-electron chi connectivity index (χ4n) is 4.59. The van der Waals surface area contributed by atoms with E-state index in [1.165, 1.54) is 17.3 Å². The van der Waals surface area contributed by atoms with Crippen LogP contribution in [-0.4, -0.2) is 5.91 Å². The van der Waals surface area contributed by atoms with E-state index in [1.54, 1.807) is 24.3 Å². The Kier molecular flexibility index (Phi) is 10.7. The number of thioether (sulfide) groups is 1. The molecule has 0 radical (unpaired) electrons. The van der Waals surface area contributed by atoms with Crippen LogP contribution in [0.25, 0.3) is 0 Å². The maximum absolute atomic E-state index is 13.9. The largest absolute Gasteiger partial charge is 1.00 e. The Hall–Kier alpha value is -3.04. The molecule has 5 aromatic rings. The highest BCUT2D eigenvalue weighted by atomic mass is 35.5. The summed E-state index contributed by atoms with van der Waals surface area (Å²) in [6, 6.07) is 46.1. The molecule has 0 bridgehead atoms. The second-order valence-electron chi connectivity index (χ2n) is 9.18. The number of rotatable bonds is 8. The molecule has 206 valence electrons. The Morgan fingerprint density at radius 2 is 1.10 bits per heavy atom. The molecule has 1 N–H and O–H groups in total. The molecule has 0 fully saturated rings. The number of nitrogens with one attached hydrogen (secondary N) is 1. The van der Waals surface area contributed by atoms with E-state index in [-0.39, 0.29) is 18.3 Å². The van der Waals surface area contributed by atoms with Gasteiger partial charge in [-0.05, 0) is 79.7 Å². The zero-order chi connectivity index (χ0) is 28.0. The number of hydrogen-bond donors (Lipinski definition) is 1. The summed E-state index contributed by atoms with van der Waals surface area (Å²) in [4.78, 5) is 14.9.